The molecule has 0 aliphatic rings. The molecule has 3 aromatic carbocycles. The third-order valence-corrected chi connectivity index (χ3v) is 6.48. The standard InChI is InChI=1S/C28H24I2N2O5/c1-3-35-25-15-19(14-24(30)26(25)37-17-18-5-9-22(29)10-6-18)13-21(16-31)27(33)32-23-11-7-20(8-12-23)28(34)36-4-2/h5-15H,3-4,17H2,1-2H3,(H,32,33)/b21-13+. The van der Waals surface area contributed by atoms with Gasteiger partial charge in [0.15, 0.2) is 11.5 Å². The van der Waals surface area contributed by atoms with E-state index in [0.29, 0.717) is 41.5 Å². The van der Waals surface area contributed by atoms with Crippen molar-refractivity contribution in [3.8, 4) is 17.6 Å². The molecule has 9 heteroatoms. The number of halogens is 2. The van der Waals surface area contributed by atoms with Gasteiger partial charge in [0.25, 0.3) is 5.91 Å². The highest BCUT2D eigenvalue weighted by Crippen LogP contribution is 2.35. The first-order valence-corrected chi connectivity index (χ1v) is 13.5. The molecule has 0 atom stereocenters. The van der Waals surface area contributed by atoms with Gasteiger partial charge in [0.1, 0.15) is 18.2 Å². The zero-order valence-corrected chi connectivity index (χ0v) is 24.5. The molecule has 7 nitrogen and oxygen atoms in total. The van der Waals surface area contributed by atoms with Crippen LogP contribution in [0.5, 0.6) is 11.5 Å². The molecular weight excluding hydrogens is 698 g/mol. The van der Waals surface area contributed by atoms with Gasteiger partial charge < -0.3 is 19.5 Å². The van der Waals surface area contributed by atoms with Gasteiger partial charge in [-0.15, -0.1) is 0 Å². The Balaban J connectivity index is 1.78. The van der Waals surface area contributed by atoms with Crippen molar-refractivity contribution in [3.63, 3.8) is 0 Å². The Morgan fingerprint density at radius 3 is 2.30 bits per heavy atom. The number of esters is 1. The van der Waals surface area contributed by atoms with Crippen LogP contribution in [0.4, 0.5) is 5.69 Å². The molecule has 3 aromatic rings. The predicted octanol–water partition coefficient (Wildman–Crippen LogP) is 6.60. The molecule has 190 valence electrons. The summed E-state index contributed by atoms with van der Waals surface area (Å²) in [6, 6.07) is 19.8. The van der Waals surface area contributed by atoms with Crippen LogP contribution in [0, 0.1) is 18.5 Å². The lowest BCUT2D eigenvalue weighted by atomic mass is 10.1. The van der Waals surface area contributed by atoms with E-state index in [2.05, 4.69) is 50.5 Å². The van der Waals surface area contributed by atoms with E-state index in [-0.39, 0.29) is 12.2 Å². The zero-order chi connectivity index (χ0) is 26.8. The Hall–Kier alpha value is -3.11. The summed E-state index contributed by atoms with van der Waals surface area (Å²) in [4.78, 5) is 24.6. The summed E-state index contributed by atoms with van der Waals surface area (Å²) in [7, 11) is 0. The van der Waals surface area contributed by atoms with Gasteiger partial charge in [0.2, 0.25) is 0 Å². The largest absolute Gasteiger partial charge is 0.490 e. The number of hydrogen-bond acceptors (Lipinski definition) is 6. The van der Waals surface area contributed by atoms with Gasteiger partial charge >= 0.3 is 5.97 Å². The SMILES string of the molecule is CCOC(=O)c1ccc(NC(=O)/C(C#N)=C/c2cc(I)c(OCc3ccc(I)cc3)c(OCC)c2)cc1. The maximum Gasteiger partial charge on any atom is 0.338 e. The Bertz CT molecular complexity index is 1330. The molecule has 1 amide bonds. The molecule has 0 saturated heterocycles. The highest BCUT2D eigenvalue weighted by Gasteiger charge is 2.15. The van der Waals surface area contributed by atoms with Gasteiger partial charge in [-0.2, -0.15) is 5.26 Å². The fraction of sp³-hybridized carbons (Fsp3) is 0.179. The molecule has 0 saturated carbocycles. The summed E-state index contributed by atoms with van der Waals surface area (Å²) in [6.45, 7) is 4.68. The number of carbonyl (C=O) groups is 2. The molecular formula is C28H24I2N2O5. The first-order chi connectivity index (χ1) is 17.8. The lowest BCUT2D eigenvalue weighted by molar-refractivity contribution is -0.112. The van der Waals surface area contributed by atoms with Crippen molar-refractivity contribution in [1.29, 1.82) is 5.26 Å². The van der Waals surface area contributed by atoms with Crippen molar-refractivity contribution < 1.29 is 23.8 Å². The number of carbonyl (C=O) groups excluding carboxylic acids is 2. The van der Waals surface area contributed by atoms with E-state index in [1.165, 1.54) is 6.08 Å². The lowest BCUT2D eigenvalue weighted by Crippen LogP contribution is -2.13. The summed E-state index contributed by atoms with van der Waals surface area (Å²) < 4.78 is 18.8. The Morgan fingerprint density at radius 1 is 0.973 bits per heavy atom. The molecule has 0 spiro atoms. The van der Waals surface area contributed by atoms with Crippen LogP contribution < -0.4 is 14.8 Å². The van der Waals surface area contributed by atoms with Crippen LogP contribution in [0.15, 0.2) is 66.2 Å². The van der Waals surface area contributed by atoms with Crippen LogP contribution in [0.25, 0.3) is 6.08 Å². The summed E-state index contributed by atoms with van der Waals surface area (Å²) in [5, 5.41) is 12.3. The van der Waals surface area contributed by atoms with E-state index in [4.69, 9.17) is 14.2 Å². The quantitative estimate of drug-likeness (QED) is 0.110. The number of anilines is 1. The van der Waals surface area contributed by atoms with E-state index in [0.717, 1.165) is 12.7 Å². The molecule has 0 radical (unpaired) electrons. The van der Waals surface area contributed by atoms with E-state index in [9.17, 15) is 14.9 Å². The zero-order valence-electron chi connectivity index (χ0n) is 20.2. The molecule has 0 unspecified atom stereocenters. The molecule has 3 rings (SSSR count). The first-order valence-electron chi connectivity index (χ1n) is 11.4. The maximum absolute atomic E-state index is 12.8. The van der Waals surface area contributed by atoms with Crippen LogP contribution in [0.3, 0.4) is 0 Å². The molecule has 0 aromatic heterocycles. The predicted molar refractivity (Wildman–Crippen MR) is 158 cm³/mol. The number of amides is 1. The number of nitrogens with zero attached hydrogens (tertiary/aromatic N) is 1. The minimum Gasteiger partial charge on any atom is -0.490 e. The normalized spacial score (nSPS) is 10.8. The Labute approximate surface area is 243 Å². The topological polar surface area (TPSA) is 97.7 Å². The number of nitriles is 1. The number of hydrogen-bond donors (Lipinski definition) is 1. The fourth-order valence-electron chi connectivity index (χ4n) is 3.23. The van der Waals surface area contributed by atoms with Crippen LogP contribution >= 0.6 is 45.2 Å². The maximum atomic E-state index is 12.8. The molecule has 0 fully saturated rings. The Morgan fingerprint density at radius 2 is 1.68 bits per heavy atom. The summed E-state index contributed by atoms with van der Waals surface area (Å²) >= 11 is 4.41. The molecule has 0 aliphatic carbocycles. The highest BCUT2D eigenvalue weighted by atomic mass is 127. The smallest absolute Gasteiger partial charge is 0.338 e. The highest BCUT2D eigenvalue weighted by molar-refractivity contribution is 14.1. The van der Waals surface area contributed by atoms with E-state index in [1.54, 1.807) is 37.3 Å². The number of nitrogens with one attached hydrogen (secondary N) is 1. The molecule has 0 heterocycles. The van der Waals surface area contributed by atoms with Crippen molar-refractivity contribution in [1.82, 2.24) is 0 Å². The van der Waals surface area contributed by atoms with Gasteiger partial charge in [0.05, 0.1) is 22.3 Å². The fourth-order valence-corrected chi connectivity index (χ4v) is 4.37. The van der Waals surface area contributed by atoms with Gasteiger partial charge in [-0.3, -0.25) is 4.79 Å². The third-order valence-electron chi connectivity index (χ3n) is 4.96. The van der Waals surface area contributed by atoms with Crippen molar-refractivity contribution in [3.05, 3.63) is 90.1 Å². The summed E-state index contributed by atoms with van der Waals surface area (Å²) in [6.07, 6.45) is 1.50. The van der Waals surface area contributed by atoms with Crippen LogP contribution in [0.1, 0.15) is 35.3 Å². The molecule has 0 aliphatic heterocycles. The number of rotatable bonds is 10. The number of benzene rings is 3. The van der Waals surface area contributed by atoms with E-state index < -0.39 is 11.9 Å². The minimum absolute atomic E-state index is 0.0831. The molecule has 37 heavy (non-hydrogen) atoms. The van der Waals surface area contributed by atoms with Crippen LogP contribution in [-0.2, 0) is 16.1 Å². The summed E-state index contributed by atoms with van der Waals surface area (Å²) in [5.74, 6) is 0.114. The van der Waals surface area contributed by atoms with E-state index >= 15 is 0 Å². The average molecular weight is 722 g/mol. The van der Waals surface area contributed by atoms with Gasteiger partial charge in [-0.25, -0.2) is 4.79 Å². The third kappa shape index (κ3) is 8.19. The number of ether oxygens (including phenoxy) is 3. The Kier molecular flexibility index (Phi) is 10.8. The van der Waals surface area contributed by atoms with Gasteiger partial charge in [-0.1, -0.05) is 12.1 Å². The molecule has 0 bridgehead atoms. The second kappa shape index (κ2) is 14.0. The van der Waals surface area contributed by atoms with Crippen molar-refractivity contribution in [2.45, 2.75) is 20.5 Å². The van der Waals surface area contributed by atoms with E-state index in [1.807, 2.05) is 43.3 Å². The lowest BCUT2D eigenvalue weighted by Gasteiger charge is -2.15. The van der Waals surface area contributed by atoms with Gasteiger partial charge in [-0.05, 0) is 125 Å². The van der Waals surface area contributed by atoms with Gasteiger partial charge in [0, 0.05) is 9.26 Å². The minimum atomic E-state index is -0.571. The second-order valence-corrected chi connectivity index (χ2v) is 10.0. The average Bonchev–Trinajstić information content (AvgIpc) is 2.88. The first kappa shape index (κ1) is 28.5. The van der Waals surface area contributed by atoms with Crippen LogP contribution in [0.2, 0.25) is 0 Å². The molecule has 1 N–H and O–H groups in total. The monoisotopic (exact) mass is 722 g/mol. The summed E-state index contributed by atoms with van der Waals surface area (Å²) in [5.41, 5.74) is 2.39. The van der Waals surface area contributed by atoms with Crippen LogP contribution in [-0.4, -0.2) is 25.1 Å². The van der Waals surface area contributed by atoms with Crippen molar-refractivity contribution in [2.75, 3.05) is 18.5 Å². The van der Waals surface area contributed by atoms with Crippen molar-refractivity contribution >= 4 is 68.8 Å². The van der Waals surface area contributed by atoms with Crippen molar-refractivity contribution in [2.24, 2.45) is 0 Å². The second-order valence-electron chi connectivity index (χ2n) is 7.60.